The van der Waals surface area contributed by atoms with Crippen molar-refractivity contribution < 1.29 is 9.84 Å². The first-order chi connectivity index (χ1) is 18.8. The number of nitriles is 1. The molecule has 1 aromatic heterocycles. The van der Waals surface area contributed by atoms with Crippen molar-refractivity contribution in [3.63, 3.8) is 0 Å². The molecule has 1 aliphatic rings. The first-order valence-corrected chi connectivity index (χ1v) is 13.5. The minimum atomic E-state index is -1.54. The summed E-state index contributed by atoms with van der Waals surface area (Å²) >= 11 is 6.41. The largest absolute Gasteiger partial charge is 0.488 e. The van der Waals surface area contributed by atoms with Gasteiger partial charge in [0.1, 0.15) is 29.2 Å². The summed E-state index contributed by atoms with van der Waals surface area (Å²) in [6.07, 6.45) is 3.52. The maximum Gasteiger partial charge on any atom is 0.138 e. The van der Waals surface area contributed by atoms with E-state index >= 15 is 0 Å². The molecule has 2 heterocycles. The molecule has 1 unspecified atom stereocenters. The lowest BCUT2D eigenvalue weighted by Crippen LogP contribution is -2.29. The van der Waals surface area contributed by atoms with Crippen LogP contribution in [0.3, 0.4) is 0 Å². The maximum atomic E-state index is 12.5. The number of ether oxygens (including phenoxy) is 1. The third-order valence-corrected chi connectivity index (χ3v) is 6.76. The molecule has 3 aromatic carbocycles. The van der Waals surface area contributed by atoms with Crippen LogP contribution in [0.15, 0.2) is 83.5 Å². The van der Waals surface area contributed by atoms with Crippen LogP contribution < -0.4 is 4.74 Å². The molecule has 1 atom stereocenters. The molecular weight excluding hydrogens is 506 g/mol. The molecule has 0 aliphatic carbocycles. The zero-order valence-electron chi connectivity index (χ0n) is 22.9. The highest BCUT2D eigenvalue weighted by atomic mass is 35.5. The molecule has 0 saturated carbocycles. The molecule has 1 N–H and O–H groups in total. The van der Waals surface area contributed by atoms with E-state index in [1.807, 2.05) is 89.4 Å². The molecule has 0 saturated heterocycles. The quantitative estimate of drug-likeness (QED) is 0.211. The van der Waals surface area contributed by atoms with Crippen molar-refractivity contribution in [1.82, 2.24) is 4.98 Å². The summed E-state index contributed by atoms with van der Waals surface area (Å²) in [5.41, 5.74) is 4.22. The van der Waals surface area contributed by atoms with E-state index in [1.54, 1.807) is 24.4 Å². The van der Waals surface area contributed by atoms with E-state index in [9.17, 15) is 10.4 Å². The van der Waals surface area contributed by atoms with E-state index < -0.39 is 5.60 Å². The average molecular weight is 538 g/mol. The first kappa shape index (κ1) is 28.0. The zero-order chi connectivity index (χ0) is 28.2. The van der Waals surface area contributed by atoms with Crippen molar-refractivity contribution >= 4 is 28.7 Å². The second kappa shape index (κ2) is 11.8. The van der Waals surface area contributed by atoms with Gasteiger partial charge in [0, 0.05) is 17.8 Å². The van der Waals surface area contributed by atoms with Gasteiger partial charge in [-0.2, -0.15) is 5.26 Å². The molecule has 5 rings (SSSR count). The van der Waals surface area contributed by atoms with Crippen molar-refractivity contribution in [3.8, 4) is 22.9 Å². The molecule has 6 bridgehead atoms. The minimum Gasteiger partial charge on any atom is -0.488 e. The molecule has 0 fully saturated rings. The second-order valence-corrected chi connectivity index (χ2v) is 9.99. The number of fused-ring (bicyclic) bond motifs is 6. The highest BCUT2D eigenvalue weighted by Gasteiger charge is 2.35. The normalized spacial score (nSPS) is 16.5. The number of hydrogen-bond donors (Lipinski definition) is 1. The Morgan fingerprint density at radius 2 is 1.85 bits per heavy atom. The number of rotatable bonds is 3. The van der Waals surface area contributed by atoms with Crippen LogP contribution in [-0.2, 0) is 12.2 Å². The van der Waals surface area contributed by atoms with E-state index in [4.69, 9.17) is 16.3 Å². The summed E-state index contributed by atoms with van der Waals surface area (Å²) in [6, 6.07) is 22.9. The summed E-state index contributed by atoms with van der Waals surface area (Å²) in [4.78, 5) is 8.99. The molecule has 198 valence electrons. The van der Waals surface area contributed by atoms with Crippen LogP contribution in [0.25, 0.3) is 22.0 Å². The number of halogens is 1. The lowest BCUT2D eigenvalue weighted by Gasteiger charge is -2.31. The van der Waals surface area contributed by atoms with Gasteiger partial charge >= 0.3 is 0 Å². The molecule has 0 amide bonds. The van der Waals surface area contributed by atoms with Gasteiger partial charge in [0.15, 0.2) is 0 Å². The zero-order valence-corrected chi connectivity index (χ0v) is 23.6. The van der Waals surface area contributed by atoms with Gasteiger partial charge in [-0.25, -0.2) is 4.98 Å². The number of aliphatic imine (C=N–C) groups is 1. The predicted octanol–water partition coefficient (Wildman–Crippen LogP) is 8.21. The Hall–Kier alpha value is -3.98. The molecule has 0 spiro atoms. The Balaban J connectivity index is 0.00000172. The van der Waals surface area contributed by atoms with E-state index in [0.29, 0.717) is 33.2 Å². The Bertz CT molecular complexity index is 1620. The third kappa shape index (κ3) is 5.59. The average Bonchev–Trinajstić information content (AvgIpc) is 2.95. The van der Waals surface area contributed by atoms with Gasteiger partial charge in [-0.05, 0) is 82.6 Å². The lowest BCUT2D eigenvalue weighted by atomic mass is 9.79. The molecule has 6 heteroatoms. The summed E-state index contributed by atoms with van der Waals surface area (Å²) in [5, 5.41) is 23.4. The second-order valence-electron chi connectivity index (χ2n) is 9.60. The summed E-state index contributed by atoms with van der Waals surface area (Å²) in [5.74, 6) is 0.674. The fourth-order valence-corrected chi connectivity index (χ4v) is 4.85. The standard InChI is InChI=1S/C31H26ClN3O2.C2H6/c1-19(2)16-34-17-20(3)31(36)24-9-10-28-27(12-24)26(14-30(32)35-28)22-6-4-5-21(11-22)18-37-29-13-25(31)8-7-23(29)15-33;1-2/h4-14,16-17,19,36H,18H2,1-3H3;1-2H3/b20-17+,34-16?;. The van der Waals surface area contributed by atoms with Crippen LogP contribution in [0, 0.1) is 17.2 Å². The van der Waals surface area contributed by atoms with Crippen molar-refractivity contribution in [2.45, 2.75) is 46.8 Å². The molecule has 39 heavy (non-hydrogen) atoms. The molecule has 4 aromatic rings. The fourth-order valence-electron chi connectivity index (χ4n) is 4.65. The number of hydrogen-bond acceptors (Lipinski definition) is 5. The van der Waals surface area contributed by atoms with Gasteiger partial charge in [-0.1, -0.05) is 69.6 Å². The van der Waals surface area contributed by atoms with Gasteiger partial charge in [-0.3, -0.25) is 4.99 Å². The highest BCUT2D eigenvalue weighted by molar-refractivity contribution is 6.30. The SMILES string of the molecule is C/C(=C\N=CC(C)C)C1(O)c2ccc(C#N)c(c2)OCc2cccc(c2)-c2cc(Cl)nc3ccc1cc23.CC. The topological polar surface area (TPSA) is 78.5 Å². The van der Waals surface area contributed by atoms with Gasteiger partial charge < -0.3 is 9.84 Å². The van der Waals surface area contributed by atoms with E-state index in [0.717, 1.165) is 27.6 Å². The number of benzene rings is 3. The van der Waals surface area contributed by atoms with Crippen LogP contribution in [0.1, 0.15) is 56.9 Å². The summed E-state index contributed by atoms with van der Waals surface area (Å²) in [6.45, 7) is 10.2. The number of aromatic nitrogens is 1. The van der Waals surface area contributed by atoms with E-state index in [1.165, 1.54) is 0 Å². The number of aliphatic hydroxyl groups is 1. The Kier molecular flexibility index (Phi) is 8.50. The van der Waals surface area contributed by atoms with Gasteiger partial charge in [0.2, 0.25) is 0 Å². The lowest BCUT2D eigenvalue weighted by molar-refractivity contribution is 0.120. The van der Waals surface area contributed by atoms with Gasteiger partial charge in [0.05, 0.1) is 11.1 Å². The van der Waals surface area contributed by atoms with Crippen molar-refractivity contribution in [2.75, 3.05) is 0 Å². The summed E-state index contributed by atoms with van der Waals surface area (Å²) < 4.78 is 6.14. The Morgan fingerprint density at radius 1 is 1.10 bits per heavy atom. The van der Waals surface area contributed by atoms with Crippen molar-refractivity contribution in [3.05, 3.63) is 106 Å². The van der Waals surface area contributed by atoms with Crippen LogP contribution in [0.4, 0.5) is 0 Å². The predicted molar refractivity (Wildman–Crippen MR) is 159 cm³/mol. The van der Waals surface area contributed by atoms with Crippen LogP contribution >= 0.6 is 11.6 Å². The maximum absolute atomic E-state index is 12.5. The van der Waals surface area contributed by atoms with Crippen LogP contribution in [0.5, 0.6) is 5.75 Å². The van der Waals surface area contributed by atoms with Gasteiger partial charge in [0.25, 0.3) is 0 Å². The monoisotopic (exact) mass is 537 g/mol. The Labute approximate surface area is 235 Å². The van der Waals surface area contributed by atoms with E-state index in [2.05, 4.69) is 16.0 Å². The Morgan fingerprint density at radius 3 is 2.59 bits per heavy atom. The van der Waals surface area contributed by atoms with E-state index in [-0.39, 0.29) is 12.5 Å². The molecule has 0 radical (unpaired) electrons. The first-order valence-electron chi connectivity index (χ1n) is 13.1. The molecule has 1 aliphatic heterocycles. The molecule has 5 nitrogen and oxygen atoms in total. The van der Waals surface area contributed by atoms with Crippen LogP contribution in [-0.4, -0.2) is 16.3 Å². The highest BCUT2D eigenvalue weighted by Crippen LogP contribution is 2.42. The number of pyridine rings is 1. The third-order valence-electron chi connectivity index (χ3n) is 6.57. The minimum absolute atomic E-state index is 0.261. The fraction of sp³-hybridized carbons (Fsp3) is 0.242. The molecular formula is C33H32ClN3O2. The summed E-state index contributed by atoms with van der Waals surface area (Å²) in [7, 11) is 0. The van der Waals surface area contributed by atoms with Crippen LogP contribution in [0.2, 0.25) is 5.15 Å². The van der Waals surface area contributed by atoms with Gasteiger partial charge in [-0.15, -0.1) is 0 Å². The van der Waals surface area contributed by atoms with Crippen molar-refractivity contribution in [1.29, 1.82) is 5.26 Å². The van der Waals surface area contributed by atoms with Crippen molar-refractivity contribution in [2.24, 2.45) is 10.9 Å². The number of nitrogens with zero attached hydrogens (tertiary/aromatic N) is 3. The smallest absolute Gasteiger partial charge is 0.138 e.